The molecule has 1 aliphatic carbocycles. The van der Waals surface area contributed by atoms with Crippen LogP contribution in [0.5, 0.6) is 11.5 Å². The van der Waals surface area contributed by atoms with E-state index in [2.05, 4.69) is 5.32 Å². The van der Waals surface area contributed by atoms with Gasteiger partial charge in [-0.25, -0.2) is 0 Å². The summed E-state index contributed by atoms with van der Waals surface area (Å²) in [6.07, 6.45) is 6.99. The van der Waals surface area contributed by atoms with E-state index < -0.39 is 0 Å². The van der Waals surface area contributed by atoms with E-state index in [1.54, 1.807) is 0 Å². The van der Waals surface area contributed by atoms with Gasteiger partial charge in [-0.2, -0.15) is 0 Å². The molecule has 0 saturated heterocycles. The maximum Gasteiger partial charge on any atom is 0.220 e. The van der Waals surface area contributed by atoms with Crippen LogP contribution in [0.3, 0.4) is 0 Å². The monoisotopic (exact) mass is 402 g/mol. The Labute approximate surface area is 166 Å². The number of amides is 1. The molecule has 5 nitrogen and oxygen atoms in total. The Morgan fingerprint density at radius 3 is 2.65 bits per heavy atom. The maximum atomic E-state index is 12.3. The molecule has 0 unspecified atom stereocenters. The minimum Gasteiger partial charge on any atom is -0.486 e. The molecule has 2 aliphatic rings. The number of hydrogen-bond donors (Lipinski definition) is 2. The van der Waals surface area contributed by atoms with Crippen molar-refractivity contribution in [3.05, 3.63) is 22.7 Å². The van der Waals surface area contributed by atoms with Crippen LogP contribution in [0.2, 0.25) is 5.02 Å². The number of nitrogens with one attached hydrogen (secondary N) is 1. The summed E-state index contributed by atoms with van der Waals surface area (Å²) in [5.74, 6) is 1.39. The molecule has 1 saturated carbocycles. The highest BCUT2D eigenvalue weighted by Gasteiger charge is 2.32. The number of carbonyl (C=O) groups excluding carboxylic acids is 1. The first-order valence-corrected chi connectivity index (χ1v) is 9.54. The molecule has 26 heavy (non-hydrogen) atoms. The van der Waals surface area contributed by atoms with Crippen molar-refractivity contribution in [2.24, 2.45) is 11.1 Å². The van der Waals surface area contributed by atoms with Gasteiger partial charge in [0.1, 0.15) is 13.2 Å². The van der Waals surface area contributed by atoms with Crippen LogP contribution in [0.15, 0.2) is 12.1 Å². The fourth-order valence-corrected chi connectivity index (χ4v) is 4.10. The summed E-state index contributed by atoms with van der Waals surface area (Å²) >= 11 is 6.25. The third-order valence-electron chi connectivity index (χ3n) is 5.28. The van der Waals surface area contributed by atoms with E-state index in [-0.39, 0.29) is 23.7 Å². The highest BCUT2D eigenvalue weighted by molar-refractivity contribution is 6.32. The number of benzene rings is 1. The number of halogens is 2. The van der Waals surface area contributed by atoms with Gasteiger partial charge in [-0.05, 0) is 48.9 Å². The van der Waals surface area contributed by atoms with Gasteiger partial charge in [0, 0.05) is 13.0 Å². The average molecular weight is 403 g/mol. The van der Waals surface area contributed by atoms with Crippen LogP contribution >= 0.6 is 24.0 Å². The predicted octanol–water partition coefficient (Wildman–Crippen LogP) is 3.49. The molecule has 0 bridgehead atoms. The molecule has 0 aromatic heterocycles. The Morgan fingerprint density at radius 1 is 1.19 bits per heavy atom. The summed E-state index contributed by atoms with van der Waals surface area (Å²) in [6.45, 7) is 2.23. The lowest BCUT2D eigenvalue weighted by molar-refractivity contribution is -0.123. The van der Waals surface area contributed by atoms with Crippen LogP contribution in [0.4, 0.5) is 0 Å². The summed E-state index contributed by atoms with van der Waals surface area (Å²) in [5.41, 5.74) is 7.00. The maximum absolute atomic E-state index is 12.3. The fraction of sp³-hybridized carbons (Fsp3) is 0.632. The summed E-state index contributed by atoms with van der Waals surface area (Å²) in [7, 11) is 0. The highest BCUT2D eigenvalue weighted by Crippen LogP contribution is 2.39. The van der Waals surface area contributed by atoms with E-state index in [0.29, 0.717) is 55.7 Å². The van der Waals surface area contributed by atoms with Gasteiger partial charge in [-0.3, -0.25) is 4.79 Å². The van der Waals surface area contributed by atoms with Crippen LogP contribution < -0.4 is 20.5 Å². The molecular weight excluding hydrogens is 375 g/mol. The molecule has 3 N–H and O–H groups in total. The Balaban J connectivity index is 0.00000243. The van der Waals surface area contributed by atoms with E-state index in [9.17, 15) is 4.79 Å². The van der Waals surface area contributed by atoms with Gasteiger partial charge < -0.3 is 20.5 Å². The van der Waals surface area contributed by atoms with Crippen LogP contribution in [-0.4, -0.2) is 32.2 Å². The molecule has 3 rings (SSSR count). The van der Waals surface area contributed by atoms with Gasteiger partial charge in [0.05, 0.1) is 5.02 Å². The average Bonchev–Trinajstić information content (AvgIpc) is 2.62. The second-order valence-electron chi connectivity index (χ2n) is 7.14. The van der Waals surface area contributed by atoms with Gasteiger partial charge in [0.25, 0.3) is 0 Å². The SMILES string of the molecule is Cl.NCC1(CC(=O)NCCc2cc(Cl)c3c(c2)OCCO3)CCCCC1. The molecule has 0 spiro atoms. The molecule has 1 aromatic rings. The highest BCUT2D eigenvalue weighted by atomic mass is 35.5. The zero-order chi connectivity index (χ0) is 17.7. The van der Waals surface area contributed by atoms with Crippen molar-refractivity contribution in [3.8, 4) is 11.5 Å². The largest absolute Gasteiger partial charge is 0.486 e. The van der Waals surface area contributed by atoms with Gasteiger partial charge in [-0.1, -0.05) is 30.9 Å². The van der Waals surface area contributed by atoms with E-state index in [4.69, 9.17) is 26.8 Å². The Morgan fingerprint density at radius 2 is 1.92 bits per heavy atom. The molecule has 0 atom stereocenters. The van der Waals surface area contributed by atoms with Crippen LogP contribution in [0.25, 0.3) is 0 Å². The summed E-state index contributed by atoms with van der Waals surface area (Å²) in [5, 5.41) is 3.59. The van der Waals surface area contributed by atoms with E-state index in [1.807, 2.05) is 12.1 Å². The Hall–Kier alpha value is -1.17. The molecule has 1 aliphatic heterocycles. The number of carbonyl (C=O) groups is 1. The second kappa shape index (κ2) is 9.67. The lowest BCUT2D eigenvalue weighted by Crippen LogP contribution is -2.39. The smallest absolute Gasteiger partial charge is 0.220 e. The van der Waals surface area contributed by atoms with Gasteiger partial charge in [0.15, 0.2) is 11.5 Å². The van der Waals surface area contributed by atoms with E-state index >= 15 is 0 Å². The summed E-state index contributed by atoms with van der Waals surface area (Å²) in [4.78, 5) is 12.3. The van der Waals surface area contributed by atoms with Crippen molar-refractivity contribution < 1.29 is 14.3 Å². The minimum absolute atomic E-state index is 0. The third-order valence-corrected chi connectivity index (χ3v) is 5.56. The van der Waals surface area contributed by atoms with E-state index in [1.165, 1.54) is 19.3 Å². The molecule has 7 heteroatoms. The number of fused-ring (bicyclic) bond motifs is 1. The quantitative estimate of drug-likeness (QED) is 0.763. The number of ether oxygens (including phenoxy) is 2. The molecule has 1 heterocycles. The van der Waals surface area contributed by atoms with Crippen molar-refractivity contribution in [2.45, 2.75) is 44.9 Å². The molecule has 1 amide bonds. The lowest BCUT2D eigenvalue weighted by atomic mass is 9.71. The van der Waals surface area contributed by atoms with Gasteiger partial charge in [-0.15, -0.1) is 12.4 Å². The van der Waals surface area contributed by atoms with Crippen molar-refractivity contribution in [3.63, 3.8) is 0 Å². The van der Waals surface area contributed by atoms with Crippen molar-refractivity contribution in [2.75, 3.05) is 26.3 Å². The number of rotatable bonds is 6. The van der Waals surface area contributed by atoms with Gasteiger partial charge in [0.2, 0.25) is 5.91 Å². The molecule has 1 aromatic carbocycles. The summed E-state index contributed by atoms with van der Waals surface area (Å²) in [6, 6.07) is 3.82. The standard InChI is InChI=1S/C19H27ClN2O3.ClH/c20-15-10-14(11-16-18(15)25-9-8-24-16)4-7-22-17(23)12-19(13-21)5-2-1-3-6-19;/h10-11H,1-9,12-13,21H2,(H,22,23);1H. The van der Waals surface area contributed by atoms with Gasteiger partial charge >= 0.3 is 0 Å². The van der Waals surface area contributed by atoms with Crippen LogP contribution in [-0.2, 0) is 11.2 Å². The zero-order valence-corrected chi connectivity index (χ0v) is 16.6. The second-order valence-corrected chi connectivity index (χ2v) is 7.55. The van der Waals surface area contributed by atoms with Crippen LogP contribution in [0.1, 0.15) is 44.1 Å². The molecule has 1 fully saturated rings. The van der Waals surface area contributed by atoms with Crippen molar-refractivity contribution >= 4 is 29.9 Å². The fourth-order valence-electron chi connectivity index (χ4n) is 3.81. The van der Waals surface area contributed by atoms with Crippen molar-refractivity contribution in [1.29, 1.82) is 0 Å². The van der Waals surface area contributed by atoms with Crippen LogP contribution in [0, 0.1) is 5.41 Å². The third kappa shape index (κ3) is 5.18. The predicted molar refractivity (Wildman–Crippen MR) is 106 cm³/mol. The van der Waals surface area contributed by atoms with E-state index in [0.717, 1.165) is 18.4 Å². The zero-order valence-electron chi connectivity index (χ0n) is 15.0. The molecule has 146 valence electrons. The first-order valence-electron chi connectivity index (χ1n) is 9.17. The molecular formula is C19H28Cl2N2O3. The number of hydrogen-bond acceptors (Lipinski definition) is 4. The summed E-state index contributed by atoms with van der Waals surface area (Å²) < 4.78 is 11.1. The minimum atomic E-state index is 0. The lowest BCUT2D eigenvalue weighted by Gasteiger charge is -2.35. The Bertz CT molecular complexity index is 619. The number of nitrogens with two attached hydrogens (primary N) is 1. The first kappa shape index (κ1) is 21.1. The topological polar surface area (TPSA) is 73.6 Å². The van der Waals surface area contributed by atoms with Crippen molar-refractivity contribution in [1.82, 2.24) is 5.32 Å². The first-order chi connectivity index (χ1) is 12.1. The Kier molecular flexibility index (Phi) is 7.86. The molecule has 0 radical (unpaired) electrons. The normalized spacial score (nSPS) is 17.9.